The van der Waals surface area contributed by atoms with Crippen LogP contribution in [-0.2, 0) is 0 Å². The molecule has 5 rings (SSSR count). The van der Waals surface area contributed by atoms with Crippen molar-refractivity contribution in [3.05, 3.63) is 71.6 Å². The molecule has 0 amide bonds. The molecule has 10 heteroatoms. The molecular formula is C26H23N7O2S. The zero-order valence-electron chi connectivity index (χ0n) is 19.7. The third-order valence-corrected chi connectivity index (χ3v) is 6.32. The normalized spacial score (nSPS) is 10.7. The Hall–Kier alpha value is -4.62. The standard InChI is InChI=1S/C26H23N7O2S/c1-16-32-33-26(36-16)30-9-10-35-24-12-17(3-6-23(24)34-2)21-15-28-14-19(13-27)25(21)31-20-4-5-22-18(11-20)7-8-29-22/h3-8,11-12,14-15,29H,9-10H2,1-2H3,(H,28,31)(H,30,33). The van der Waals surface area contributed by atoms with Crippen LogP contribution in [0.5, 0.6) is 11.5 Å². The Kier molecular flexibility index (Phi) is 6.64. The molecule has 0 aliphatic rings. The zero-order valence-corrected chi connectivity index (χ0v) is 20.5. The van der Waals surface area contributed by atoms with Crippen molar-refractivity contribution in [3.63, 3.8) is 0 Å². The Morgan fingerprint density at radius 3 is 2.81 bits per heavy atom. The number of anilines is 3. The largest absolute Gasteiger partial charge is 0.493 e. The fraction of sp³-hybridized carbons (Fsp3) is 0.154. The van der Waals surface area contributed by atoms with Crippen LogP contribution < -0.4 is 20.1 Å². The molecule has 0 bridgehead atoms. The number of hydrogen-bond acceptors (Lipinski definition) is 9. The van der Waals surface area contributed by atoms with E-state index in [0.29, 0.717) is 35.9 Å². The smallest absolute Gasteiger partial charge is 0.205 e. The Morgan fingerprint density at radius 2 is 2.00 bits per heavy atom. The van der Waals surface area contributed by atoms with Crippen LogP contribution in [0.15, 0.2) is 61.1 Å². The lowest BCUT2D eigenvalue weighted by atomic mass is 10.0. The lowest BCUT2D eigenvalue weighted by Gasteiger charge is -2.16. The van der Waals surface area contributed by atoms with E-state index >= 15 is 0 Å². The van der Waals surface area contributed by atoms with Gasteiger partial charge in [-0.2, -0.15) is 5.26 Å². The summed E-state index contributed by atoms with van der Waals surface area (Å²) >= 11 is 1.49. The number of benzene rings is 2. The van der Waals surface area contributed by atoms with E-state index in [2.05, 4.69) is 36.9 Å². The number of aromatic amines is 1. The minimum atomic E-state index is 0.400. The van der Waals surface area contributed by atoms with E-state index in [1.54, 1.807) is 19.5 Å². The molecule has 0 spiro atoms. The predicted octanol–water partition coefficient (Wildman–Crippen LogP) is 5.50. The quantitative estimate of drug-likeness (QED) is 0.228. The van der Waals surface area contributed by atoms with E-state index in [1.807, 2.05) is 55.6 Å². The van der Waals surface area contributed by atoms with Crippen LogP contribution in [0.4, 0.5) is 16.5 Å². The number of pyridine rings is 1. The Labute approximate surface area is 211 Å². The van der Waals surface area contributed by atoms with Crippen molar-refractivity contribution >= 4 is 38.7 Å². The maximum absolute atomic E-state index is 9.79. The average Bonchev–Trinajstić information content (AvgIpc) is 3.55. The van der Waals surface area contributed by atoms with Gasteiger partial charge in [-0.1, -0.05) is 17.4 Å². The van der Waals surface area contributed by atoms with Crippen molar-refractivity contribution < 1.29 is 9.47 Å². The van der Waals surface area contributed by atoms with Crippen LogP contribution in [-0.4, -0.2) is 40.4 Å². The van der Waals surface area contributed by atoms with Gasteiger partial charge in [0.25, 0.3) is 0 Å². The van der Waals surface area contributed by atoms with Gasteiger partial charge in [-0.3, -0.25) is 4.98 Å². The Bertz CT molecular complexity index is 1550. The van der Waals surface area contributed by atoms with Gasteiger partial charge in [0, 0.05) is 40.7 Å². The topological polar surface area (TPSA) is 121 Å². The number of nitrogens with one attached hydrogen (secondary N) is 3. The number of nitrogens with zero attached hydrogens (tertiary/aromatic N) is 4. The molecule has 5 aromatic rings. The second-order valence-electron chi connectivity index (χ2n) is 7.89. The molecule has 0 aliphatic heterocycles. The molecule has 0 aliphatic carbocycles. The van der Waals surface area contributed by atoms with Gasteiger partial charge in [0.15, 0.2) is 11.5 Å². The number of nitriles is 1. The molecule has 9 nitrogen and oxygen atoms in total. The number of aryl methyl sites for hydroxylation is 1. The second-order valence-corrected chi connectivity index (χ2v) is 9.07. The van der Waals surface area contributed by atoms with Crippen LogP contribution in [0.25, 0.3) is 22.0 Å². The first-order valence-corrected chi connectivity index (χ1v) is 12.0. The van der Waals surface area contributed by atoms with Crippen LogP contribution in [0.1, 0.15) is 10.6 Å². The first-order chi connectivity index (χ1) is 17.6. The molecule has 0 saturated heterocycles. The maximum atomic E-state index is 9.79. The van der Waals surface area contributed by atoms with Crippen molar-refractivity contribution in [2.24, 2.45) is 0 Å². The van der Waals surface area contributed by atoms with E-state index in [9.17, 15) is 5.26 Å². The van der Waals surface area contributed by atoms with Crippen molar-refractivity contribution in [3.8, 4) is 28.7 Å². The van der Waals surface area contributed by atoms with Gasteiger partial charge < -0.3 is 25.1 Å². The highest BCUT2D eigenvalue weighted by molar-refractivity contribution is 7.15. The highest BCUT2D eigenvalue weighted by atomic mass is 32.1. The minimum absolute atomic E-state index is 0.400. The fourth-order valence-corrected chi connectivity index (χ4v) is 4.44. The lowest BCUT2D eigenvalue weighted by Crippen LogP contribution is -2.11. The van der Waals surface area contributed by atoms with E-state index in [1.165, 1.54) is 11.3 Å². The monoisotopic (exact) mass is 497 g/mol. The lowest BCUT2D eigenvalue weighted by molar-refractivity contribution is 0.306. The molecular weight excluding hydrogens is 474 g/mol. The highest BCUT2D eigenvalue weighted by Crippen LogP contribution is 2.37. The minimum Gasteiger partial charge on any atom is -0.493 e. The predicted molar refractivity (Wildman–Crippen MR) is 141 cm³/mol. The third-order valence-electron chi connectivity index (χ3n) is 5.53. The summed E-state index contributed by atoms with van der Waals surface area (Å²) in [4.78, 5) is 7.49. The van der Waals surface area contributed by atoms with Gasteiger partial charge in [0.2, 0.25) is 5.13 Å². The molecule has 0 radical (unpaired) electrons. The van der Waals surface area contributed by atoms with E-state index in [-0.39, 0.29) is 0 Å². The number of fused-ring (bicyclic) bond motifs is 1. The van der Waals surface area contributed by atoms with Gasteiger partial charge in [-0.25, -0.2) is 0 Å². The molecule has 0 unspecified atom stereocenters. The summed E-state index contributed by atoms with van der Waals surface area (Å²) in [5, 5.41) is 27.2. The molecule has 0 saturated carbocycles. The van der Waals surface area contributed by atoms with E-state index in [4.69, 9.17) is 9.47 Å². The number of rotatable bonds is 9. The Morgan fingerprint density at radius 1 is 1.08 bits per heavy atom. The molecule has 0 fully saturated rings. The molecule has 3 N–H and O–H groups in total. The summed E-state index contributed by atoms with van der Waals surface area (Å²) in [5.41, 5.74) is 4.65. The Balaban J connectivity index is 1.41. The number of H-pyrrole nitrogens is 1. The maximum Gasteiger partial charge on any atom is 0.205 e. The van der Waals surface area contributed by atoms with Crippen molar-refractivity contribution in [1.82, 2.24) is 20.2 Å². The second kappa shape index (κ2) is 10.3. The molecule has 36 heavy (non-hydrogen) atoms. The SMILES string of the molecule is COc1ccc(-c2cncc(C#N)c2Nc2ccc3[nH]ccc3c2)cc1OCCNc1nnc(C)s1. The average molecular weight is 498 g/mol. The van der Waals surface area contributed by atoms with E-state index < -0.39 is 0 Å². The molecule has 0 atom stereocenters. The van der Waals surface area contributed by atoms with Crippen LogP contribution in [0.2, 0.25) is 0 Å². The number of aromatic nitrogens is 4. The number of methoxy groups -OCH3 is 1. The van der Waals surface area contributed by atoms with Gasteiger partial charge in [-0.05, 0) is 48.9 Å². The summed E-state index contributed by atoms with van der Waals surface area (Å²) in [5.74, 6) is 1.20. The first-order valence-electron chi connectivity index (χ1n) is 11.2. The van der Waals surface area contributed by atoms with Crippen LogP contribution in [0.3, 0.4) is 0 Å². The summed E-state index contributed by atoms with van der Waals surface area (Å²) in [6.45, 7) is 2.87. The van der Waals surface area contributed by atoms with Crippen molar-refractivity contribution in [2.45, 2.75) is 6.92 Å². The summed E-state index contributed by atoms with van der Waals surface area (Å²) in [6.07, 6.45) is 5.20. The molecule has 3 heterocycles. The van der Waals surface area contributed by atoms with Crippen molar-refractivity contribution in [2.75, 3.05) is 30.9 Å². The summed E-state index contributed by atoms with van der Waals surface area (Å²) in [7, 11) is 1.60. The van der Waals surface area contributed by atoms with Crippen LogP contribution in [0, 0.1) is 18.3 Å². The van der Waals surface area contributed by atoms with Gasteiger partial charge in [0.1, 0.15) is 17.7 Å². The highest BCUT2D eigenvalue weighted by Gasteiger charge is 2.15. The van der Waals surface area contributed by atoms with E-state index in [0.717, 1.165) is 37.9 Å². The van der Waals surface area contributed by atoms with Gasteiger partial charge in [0.05, 0.1) is 24.9 Å². The number of hydrogen-bond donors (Lipinski definition) is 3. The molecule has 3 aromatic heterocycles. The van der Waals surface area contributed by atoms with Gasteiger partial charge >= 0.3 is 0 Å². The van der Waals surface area contributed by atoms with Crippen molar-refractivity contribution in [1.29, 1.82) is 5.26 Å². The molecule has 180 valence electrons. The van der Waals surface area contributed by atoms with Crippen LogP contribution >= 0.6 is 11.3 Å². The fourth-order valence-electron chi connectivity index (χ4n) is 3.82. The number of ether oxygens (including phenoxy) is 2. The third kappa shape index (κ3) is 4.92. The first kappa shape index (κ1) is 23.1. The summed E-state index contributed by atoms with van der Waals surface area (Å²) in [6, 6.07) is 15.9. The zero-order chi connectivity index (χ0) is 24.9. The van der Waals surface area contributed by atoms with Gasteiger partial charge in [-0.15, -0.1) is 10.2 Å². The summed E-state index contributed by atoms with van der Waals surface area (Å²) < 4.78 is 11.5. The molecule has 2 aromatic carbocycles.